The van der Waals surface area contributed by atoms with Gasteiger partial charge in [-0.1, -0.05) is 19.1 Å². The Kier molecular flexibility index (Phi) is 4.63. The van der Waals surface area contributed by atoms with E-state index in [2.05, 4.69) is 26.8 Å². The molecular weight excluding hydrogens is 186 g/mol. The predicted molar refractivity (Wildman–Crippen MR) is 64.2 cm³/mol. The van der Waals surface area contributed by atoms with Crippen LogP contribution < -0.4 is 10.5 Å². The van der Waals surface area contributed by atoms with Crippen LogP contribution in [0.1, 0.15) is 24.5 Å². The fourth-order valence-corrected chi connectivity index (χ4v) is 1.37. The predicted octanol–water partition coefficient (Wildman–Crippen LogP) is 2.67. The molecule has 0 aromatic heterocycles. The maximum absolute atomic E-state index is 5.73. The van der Waals surface area contributed by atoms with Crippen LogP contribution in [-0.4, -0.2) is 13.2 Å². The van der Waals surface area contributed by atoms with Crippen LogP contribution in [-0.2, 0) is 0 Å². The van der Waals surface area contributed by atoms with E-state index in [9.17, 15) is 0 Å². The molecule has 0 aliphatic rings. The Labute approximate surface area is 92.4 Å². The largest absolute Gasteiger partial charge is 0.493 e. The van der Waals surface area contributed by atoms with E-state index in [1.165, 1.54) is 11.1 Å². The van der Waals surface area contributed by atoms with Crippen molar-refractivity contribution >= 4 is 0 Å². The molecular formula is C13H21NO. The first-order valence-corrected chi connectivity index (χ1v) is 5.54. The van der Waals surface area contributed by atoms with E-state index in [1.807, 2.05) is 12.1 Å². The Morgan fingerprint density at radius 2 is 2.07 bits per heavy atom. The van der Waals surface area contributed by atoms with Crippen molar-refractivity contribution in [3.63, 3.8) is 0 Å². The van der Waals surface area contributed by atoms with Crippen molar-refractivity contribution in [1.29, 1.82) is 0 Å². The Morgan fingerprint density at radius 1 is 1.33 bits per heavy atom. The van der Waals surface area contributed by atoms with Crippen LogP contribution >= 0.6 is 0 Å². The molecule has 1 aromatic rings. The fraction of sp³-hybridized carbons (Fsp3) is 0.538. The summed E-state index contributed by atoms with van der Waals surface area (Å²) in [5, 5.41) is 0. The number of hydrogen-bond donors (Lipinski definition) is 1. The van der Waals surface area contributed by atoms with Gasteiger partial charge < -0.3 is 10.5 Å². The molecule has 0 aliphatic carbocycles. The molecule has 1 rings (SSSR count). The lowest BCUT2D eigenvalue weighted by Crippen LogP contribution is -2.14. The standard InChI is InChI=1S/C13H21NO/c1-10(9-14)7-8-15-13-6-4-5-11(2)12(13)3/h4-6,10H,7-9,14H2,1-3H3. The van der Waals surface area contributed by atoms with E-state index < -0.39 is 0 Å². The second-order valence-corrected chi connectivity index (χ2v) is 4.18. The Balaban J connectivity index is 2.47. The van der Waals surface area contributed by atoms with Gasteiger partial charge in [0.25, 0.3) is 0 Å². The number of aryl methyl sites for hydroxylation is 1. The molecule has 0 radical (unpaired) electrons. The van der Waals surface area contributed by atoms with E-state index in [0.29, 0.717) is 5.92 Å². The van der Waals surface area contributed by atoms with E-state index in [1.54, 1.807) is 0 Å². The average molecular weight is 207 g/mol. The SMILES string of the molecule is Cc1cccc(OCCC(C)CN)c1C. The zero-order valence-corrected chi connectivity index (χ0v) is 9.92. The summed E-state index contributed by atoms with van der Waals surface area (Å²) < 4.78 is 5.73. The second kappa shape index (κ2) is 5.76. The molecule has 0 saturated carbocycles. The summed E-state index contributed by atoms with van der Waals surface area (Å²) in [5.74, 6) is 1.54. The van der Waals surface area contributed by atoms with Crippen molar-refractivity contribution in [3.05, 3.63) is 29.3 Å². The van der Waals surface area contributed by atoms with Gasteiger partial charge in [-0.15, -0.1) is 0 Å². The van der Waals surface area contributed by atoms with Gasteiger partial charge in [0, 0.05) is 0 Å². The quantitative estimate of drug-likeness (QED) is 0.805. The van der Waals surface area contributed by atoms with E-state index in [-0.39, 0.29) is 0 Å². The summed E-state index contributed by atoms with van der Waals surface area (Å²) in [6.45, 7) is 7.83. The van der Waals surface area contributed by atoms with Gasteiger partial charge in [-0.05, 0) is 49.9 Å². The molecule has 0 heterocycles. The third kappa shape index (κ3) is 3.56. The highest BCUT2D eigenvalue weighted by Crippen LogP contribution is 2.20. The van der Waals surface area contributed by atoms with Crippen LogP contribution in [0.4, 0.5) is 0 Å². The highest BCUT2D eigenvalue weighted by molar-refractivity contribution is 5.38. The number of hydrogen-bond acceptors (Lipinski definition) is 2. The van der Waals surface area contributed by atoms with Crippen molar-refractivity contribution in [1.82, 2.24) is 0 Å². The zero-order chi connectivity index (χ0) is 11.3. The van der Waals surface area contributed by atoms with Crippen LogP contribution in [0.25, 0.3) is 0 Å². The van der Waals surface area contributed by atoms with Crippen molar-refractivity contribution in [2.45, 2.75) is 27.2 Å². The van der Waals surface area contributed by atoms with Crippen LogP contribution in [0.3, 0.4) is 0 Å². The minimum atomic E-state index is 0.537. The van der Waals surface area contributed by atoms with Crippen LogP contribution in [0, 0.1) is 19.8 Å². The molecule has 0 aliphatic heterocycles. The molecule has 84 valence electrons. The lowest BCUT2D eigenvalue weighted by molar-refractivity contribution is 0.284. The number of nitrogens with two attached hydrogens (primary N) is 1. The van der Waals surface area contributed by atoms with Crippen LogP contribution in [0.2, 0.25) is 0 Å². The minimum Gasteiger partial charge on any atom is -0.493 e. The van der Waals surface area contributed by atoms with Gasteiger partial charge in [0.15, 0.2) is 0 Å². The number of rotatable bonds is 5. The van der Waals surface area contributed by atoms with Crippen molar-refractivity contribution in [2.75, 3.05) is 13.2 Å². The lowest BCUT2D eigenvalue weighted by atomic mass is 10.1. The minimum absolute atomic E-state index is 0.537. The molecule has 0 fully saturated rings. The van der Waals surface area contributed by atoms with E-state index >= 15 is 0 Å². The van der Waals surface area contributed by atoms with Crippen molar-refractivity contribution < 1.29 is 4.74 Å². The maximum atomic E-state index is 5.73. The number of ether oxygens (including phenoxy) is 1. The zero-order valence-electron chi connectivity index (χ0n) is 9.92. The molecule has 2 N–H and O–H groups in total. The second-order valence-electron chi connectivity index (χ2n) is 4.18. The smallest absolute Gasteiger partial charge is 0.122 e. The third-order valence-electron chi connectivity index (χ3n) is 2.83. The van der Waals surface area contributed by atoms with Crippen molar-refractivity contribution in [3.8, 4) is 5.75 Å². The van der Waals surface area contributed by atoms with Gasteiger partial charge >= 0.3 is 0 Å². The Hall–Kier alpha value is -1.02. The summed E-state index contributed by atoms with van der Waals surface area (Å²) in [6, 6.07) is 6.16. The fourth-order valence-electron chi connectivity index (χ4n) is 1.37. The van der Waals surface area contributed by atoms with Gasteiger partial charge in [-0.3, -0.25) is 0 Å². The molecule has 0 bridgehead atoms. The number of benzene rings is 1. The first kappa shape index (κ1) is 12.1. The lowest BCUT2D eigenvalue weighted by Gasteiger charge is -2.12. The summed E-state index contributed by atoms with van der Waals surface area (Å²) >= 11 is 0. The summed E-state index contributed by atoms with van der Waals surface area (Å²) in [4.78, 5) is 0. The molecule has 0 spiro atoms. The molecule has 2 heteroatoms. The molecule has 0 saturated heterocycles. The molecule has 1 unspecified atom stereocenters. The van der Waals surface area contributed by atoms with Crippen LogP contribution in [0.15, 0.2) is 18.2 Å². The summed E-state index contributed by atoms with van der Waals surface area (Å²) in [6.07, 6.45) is 1.02. The first-order valence-electron chi connectivity index (χ1n) is 5.54. The van der Waals surface area contributed by atoms with E-state index in [4.69, 9.17) is 10.5 Å². The molecule has 2 nitrogen and oxygen atoms in total. The summed E-state index contributed by atoms with van der Waals surface area (Å²) in [5.41, 5.74) is 8.06. The third-order valence-corrected chi connectivity index (χ3v) is 2.83. The van der Waals surface area contributed by atoms with Gasteiger partial charge in [0.1, 0.15) is 5.75 Å². The first-order chi connectivity index (χ1) is 7.15. The topological polar surface area (TPSA) is 35.2 Å². The van der Waals surface area contributed by atoms with E-state index in [0.717, 1.165) is 25.3 Å². The van der Waals surface area contributed by atoms with Crippen LogP contribution in [0.5, 0.6) is 5.75 Å². The van der Waals surface area contributed by atoms with Gasteiger partial charge in [0.2, 0.25) is 0 Å². The monoisotopic (exact) mass is 207 g/mol. The molecule has 0 amide bonds. The Morgan fingerprint density at radius 3 is 2.73 bits per heavy atom. The molecule has 1 aromatic carbocycles. The van der Waals surface area contributed by atoms with Crippen molar-refractivity contribution in [2.24, 2.45) is 11.7 Å². The van der Waals surface area contributed by atoms with Gasteiger partial charge in [0.05, 0.1) is 6.61 Å². The molecule has 1 atom stereocenters. The highest BCUT2D eigenvalue weighted by Gasteiger charge is 2.03. The maximum Gasteiger partial charge on any atom is 0.122 e. The van der Waals surface area contributed by atoms with Gasteiger partial charge in [-0.2, -0.15) is 0 Å². The average Bonchev–Trinajstić information content (AvgIpc) is 2.24. The summed E-state index contributed by atoms with van der Waals surface area (Å²) in [7, 11) is 0. The highest BCUT2D eigenvalue weighted by atomic mass is 16.5. The molecule has 15 heavy (non-hydrogen) atoms. The Bertz CT molecular complexity index is 309. The van der Waals surface area contributed by atoms with Gasteiger partial charge in [-0.25, -0.2) is 0 Å². The normalized spacial score (nSPS) is 12.5.